The van der Waals surface area contributed by atoms with E-state index in [0.29, 0.717) is 6.61 Å². The molecule has 0 aliphatic carbocycles. The zero-order valence-corrected chi connectivity index (χ0v) is 24.4. The molecule has 0 aromatic carbocycles. The largest absolute Gasteiger partial charge is 0.396 e. The molecule has 0 rings (SSSR count). The van der Waals surface area contributed by atoms with Gasteiger partial charge in [0.1, 0.15) is 0 Å². The molecule has 0 bridgehead atoms. The summed E-state index contributed by atoms with van der Waals surface area (Å²) < 4.78 is 0. The third kappa shape index (κ3) is 38.9. The molecule has 0 amide bonds. The Morgan fingerprint density at radius 3 is 1.15 bits per heavy atom. The lowest BCUT2D eigenvalue weighted by atomic mass is 10.0. The lowest BCUT2D eigenvalue weighted by Gasteiger charge is -2.04. The zero-order valence-electron chi connectivity index (χ0n) is 24.4. The van der Waals surface area contributed by atoms with Crippen molar-refractivity contribution in [1.82, 2.24) is 0 Å². The fourth-order valence-electron chi connectivity index (χ4n) is 4.56. The summed E-state index contributed by atoms with van der Waals surface area (Å²) in [6, 6.07) is 0. The highest BCUT2D eigenvalue weighted by molar-refractivity contribution is 4.65. The molecule has 0 aliphatic rings. The van der Waals surface area contributed by atoms with Gasteiger partial charge in [-0.25, -0.2) is 0 Å². The first kappa shape index (κ1) is 35.9. The van der Waals surface area contributed by atoms with Gasteiger partial charge < -0.3 is 5.11 Å². The summed E-state index contributed by atoms with van der Waals surface area (Å²) in [5.74, 6) is 0.875. The van der Waals surface area contributed by atoms with Crippen LogP contribution in [0.1, 0.15) is 188 Å². The number of aliphatic hydroxyl groups excluding tert-OH is 1. The van der Waals surface area contributed by atoms with E-state index in [0.717, 1.165) is 12.3 Å². The minimum atomic E-state index is 0.369. The number of unbranched alkanes of at least 4 members (excludes halogenated alkanes) is 23. The van der Waals surface area contributed by atoms with Crippen molar-refractivity contribution >= 4 is 0 Å². The molecule has 0 fully saturated rings. The van der Waals surface area contributed by atoms with E-state index in [1.54, 1.807) is 0 Å². The molecule has 0 saturated heterocycles. The fourth-order valence-corrected chi connectivity index (χ4v) is 4.56. The van der Waals surface area contributed by atoms with Crippen molar-refractivity contribution < 1.29 is 5.11 Å². The highest BCUT2D eigenvalue weighted by Gasteiger charge is 1.95. The van der Waals surface area contributed by atoms with Gasteiger partial charge in [-0.3, -0.25) is 0 Å². The van der Waals surface area contributed by atoms with Gasteiger partial charge in [-0.1, -0.05) is 175 Å². The van der Waals surface area contributed by atoms with Crippen molar-refractivity contribution in [3.8, 4) is 0 Å². The third-order valence-electron chi connectivity index (χ3n) is 6.95. The highest BCUT2D eigenvalue weighted by Crippen LogP contribution is 2.14. The summed E-state index contributed by atoms with van der Waals surface area (Å²) in [5.41, 5.74) is 0. The predicted molar refractivity (Wildman–Crippen MR) is 158 cm³/mol. The molecule has 0 aromatic heterocycles. The van der Waals surface area contributed by atoms with Gasteiger partial charge in [-0.05, 0) is 25.2 Å². The Hall–Kier alpha value is -0.300. The van der Waals surface area contributed by atoms with Crippen molar-refractivity contribution in [2.45, 2.75) is 188 Å². The number of allylic oxidation sites excluding steroid dienone is 1. The molecule has 0 saturated carbocycles. The molecular formula is C33H68O. The van der Waals surface area contributed by atoms with E-state index >= 15 is 0 Å². The molecule has 1 N–H and O–H groups in total. The summed E-state index contributed by atoms with van der Waals surface area (Å²) in [4.78, 5) is 0. The molecule has 0 aromatic rings. The monoisotopic (exact) mass is 481 g/mol. The van der Waals surface area contributed by atoms with Crippen LogP contribution >= 0.6 is 0 Å². The maximum absolute atomic E-state index is 8.59. The summed E-state index contributed by atoms with van der Waals surface area (Å²) in [6.07, 6.45) is 38.3. The summed E-state index contributed by atoms with van der Waals surface area (Å²) in [6.45, 7) is 11.0. The van der Waals surface area contributed by atoms with Gasteiger partial charge in [-0.2, -0.15) is 0 Å². The van der Waals surface area contributed by atoms with Crippen molar-refractivity contribution in [3.05, 3.63) is 12.7 Å². The lowest BCUT2D eigenvalue weighted by Crippen LogP contribution is -1.87. The van der Waals surface area contributed by atoms with Gasteiger partial charge in [-0.15, -0.1) is 6.58 Å². The Labute approximate surface area is 218 Å². The van der Waals surface area contributed by atoms with E-state index in [9.17, 15) is 0 Å². The first-order valence-electron chi connectivity index (χ1n) is 15.9. The first-order valence-corrected chi connectivity index (χ1v) is 15.9. The van der Waals surface area contributed by atoms with Crippen LogP contribution in [0.5, 0.6) is 0 Å². The molecule has 1 heteroatoms. The molecule has 0 heterocycles. The minimum Gasteiger partial charge on any atom is -0.396 e. The second-order valence-electron chi connectivity index (χ2n) is 11.1. The Balaban J connectivity index is 0. The zero-order chi connectivity index (χ0) is 25.4. The maximum Gasteiger partial charge on any atom is 0.0431 e. The molecular weight excluding hydrogens is 412 g/mol. The van der Waals surface area contributed by atoms with Gasteiger partial charge in [0.25, 0.3) is 0 Å². The van der Waals surface area contributed by atoms with E-state index in [1.165, 1.54) is 161 Å². The Morgan fingerprint density at radius 2 is 0.824 bits per heavy atom. The van der Waals surface area contributed by atoms with E-state index < -0.39 is 0 Å². The van der Waals surface area contributed by atoms with Crippen LogP contribution in [0.2, 0.25) is 0 Å². The van der Waals surface area contributed by atoms with Gasteiger partial charge in [0.15, 0.2) is 0 Å². The quantitative estimate of drug-likeness (QED) is 0.0915. The Bertz CT molecular complexity index is 335. The van der Waals surface area contributed by atoms with Crippen LogP contribution in [-0.4, -0.2) is 11.7 Å². The molecule has 0 spiro atoms. The molecule has 0 radical (unpaired) electrons. The normalized spacial score (nSPS) is 11.0. The average Bonchev–Trinajstić information content (AvgIpc) is 2.83. The minimum absolute atomic E-state index is 0.369. The molecule has 0 atom stereocenters. The fraction of sp³-hybridized carbons (Fsp3) is 0.939. The van der Waals surface area contributed by atoms with Crippen LogP contribution in [0.15, 0.2) is 12.7 Å². The van der Waals surface area contributed by atoms with Gasteiger partial charge in [0.05, 0.1) is 0 Å². The summed E-state index contributed by atoms with van der Waals surface area (Å²) in [7, 11) is 0. The van der Waals surface area contributed by atoms with E-state index in [-0.39, 0.29) is 0 Å². The van der Waals surface area contributed by atoms with Gasteiger partial charge in [0.2, 0.25) is 0 Å². The van der Waals surface area contributed by atoms with E-state index in [1.807, 2.05) is 6.08 Å². The SMILES string of the molecule is C=CCCCCCCCCCCCCCCCCCC.CC(C)CCCCCCCCCCO. The van der Waals surface area contributed by atoms with Crippen LogP contribution in [0, 0.1) is 5.92 Å². The molecule has 0 unspecified atom stereocenters. The van der Waals surface area contributed by atoms with Crippen LogP contribution in [0.25, 0.3) is 0 Å². The van der Waals surface area contributed by atoms with E-state index in [2.05, 4.69) is 27.4 Å². The Kier molecular flexibility index (Phi) is 36.8. The Morgan fingerprint density at radius 1 is 0.500 bits per heavy atom. The molecule has 0 aliphatic heterocycles. The maximum atomic E-state index is 8.59. The summed E-state index contributed by atoms with van der Waals surface area (Å²) in [5, 5.41) is 8.59. The first-order chi connectivity index (χ1) is 16.7. The second kappa shape index (κ2) is 34.9. The number of aliphatic hydroxyl groups is 1. The standard InChI is InChI=1S/C20H40.C13H28O/c1-3-5-7-9-11-13-15-17-19-20-18-16-14-12-10-8-6-4-2;1-13(2)11-9-7-5-3-4-6-8-10-12-14/h3H,1,4-20H2,2H3;13-14H,3-12H2,1-2H3. The van der Waals surface area contributed by atoms with Crippen molar-refractivity contribution in [1.29, 1.82) is 0 Å². The van der Waals surface area contributed by atoms with E-state index in [4.69, 9.17) is 5.11 Å². The molecule has 34 heavy (non-hydrogen) atoms. The summed E-state index contributed by atoms with van der Waals surface area (Å²) >= 11 is 0. The molecule has 1 nitrogen and oxygen atoms in total. The second-order valence-corrected chi connectivity index (χ2v) is 11.1. The van der Waals surface area contributed by atoms with Crippen LogP contribution in [-0.2, 0) is 0 Å². The van der Waals surface area contributed by atoms with Crippen molar-refractivity contribution in [2.75, 3.05) is 6.61 Å². The number of hydrogen-bond acceptors (Lipinski definition) is 1. The number of rotatable bonds is 27. The highest BCUT2D eigenvalue weighted by atomic mass is 16.2. The van der Waals surface area contributed by atoms with Crippen molar-refractivity contribution in [2.24, 2.45) is 5.92 Å². The van der Waals surface area contributed by atoms with Crippen LogP contribution in [0.3, 0.4) is 0 Å². The lowest BCUT2D eigenvalue weighted by molar-refractivity contribution is 0.282. The topological polar surface area (TPSA) is 20.2 Å². The average molecular weight is 481 g/mol. The molecule has 206 valence electrons. The predicted octanol–water partition coefficient (Wildman–Crippen LogP) is 12.0. The smallest absolute Gasteiger partial charge is 0.0431 e. The van der Waals surface area contributed by atoms with Crippen molar-refractivity contribution in [3.63, 3.8) is 0 Å². The number of hydrogen-bond donors (Lipinski definition) is 1. The van der Waals surface area contributed by atoms with Crippen LogP contribution < -0.4 is 0 Å². The van der Waals surface area contributed by atoms with Crippen LogP contribution in [0.4, 0.5) is 0 Å². The third-order valence-corrected chi connectivity index (χ3v) is 6.95. The van der Waals surface area contributed by atoms with Gasteiger partial charge in [0, 0.05) is 6.61 Å². The van der Waals surface area contributed by atoms with Gasteiger partial charge >= 0.3 is 0 Å².